The van der Waals surface area contributed by atoms with E-state index in [0.717, 1.165) is 0 Å². The minimum Gasteiger partial charge on any atom is -0.479 e. The molecule has 1 heterocycles. The molecule has 0 radical (unpaired) electrons. The van der Waals surface area contributed by atoms with Gasteiger partial charge in [0.15, 0.2) is 6.10 Å². The normalized spacial score (nSPS) is 14.1. The predicted octanol–water partition coefficient (Wildman–Crippen LogP) is 4.82. The van der Waals surface area contributed by atoms with Gasteiger partial charge in [0, 0.05) is 11.1 Å². The van der Waals surface area contributed by atoms with E-state index in [4.69, 9.17) is 5.11 Å². The third-order valence-electron chi connectivity index (χ3n) is 5.13. The van der Waals surface area contributed by atoms with Gasteiger partial charge in [-0.3, -0.25) is 0 Å². The van der Waals surface area contributed by atoms with Crippen molar-refractivity contribution in [2.24, 2.45) is 0 Å². The Hall–Kier alpha value is -2.71. The summed E-state index contributed by atoms with van der Waals surface area (Å²) < 4.78 is 28.5. The van der Waals surface area contributed by atoms with Crippen molar-refractivity contribution >= 4 is 12.0 Å². The van der Waals surface area contributed by atoms with E-state index in [9.17, 15) is 19.4 Å². The molecule has 1 aromatic heterocycles. The molecular formula is C24H30F2N2O4. The van der Waals surface area contributed by atoms with Gasteiger partial charge in [-0.2, -0.15) is 10.2 Å². The number of benzene rings is 1. The number of halogens is 2. The van der Waals surface area contributed by atoms with Crippen LogP contribution in [0.4, 0.5) is 8.78 Å². The fourth-order valence-corrected chi connectivity index (χ4v) is 3.37. The smallest absolute Gasteiger partial charge is 0.332 e. The molecule has 0 aliphatic carbocycles. The predicted molar refractivity (Wildman–Crippen MR) is 118 cm³/mol. The second-order valence-corrected chi connectivity index (χ2v) is 8.41. The lowest BCUT2D eigenvalue weighted by Crippen LogP contribution is -2.20. The van der Waals surface area contributed by atoms with Gasteiger partial charge in [-0.1, -0.05) is 39.8 Å². The van der Waals surface area contributed by atoms with Crippen molar-refractivity contribution in [3.63, 3.8) is 0 Å². The Labute approximate surface area is 186 Å². The minimum absolute atomic E-state index is 0.0404. The van der Waals surface area contributed by atoms with Gasteiger partial charge < -0.3 is 15.3 Å². The molecule has 2 unspecified atom stereocenters. The molecule has 32 heavy (non-hydrogen) atoms. The summed E-state index contributed by atoms with van der Waals surface area (Å²) >= 11 is 0. The molecule has 0 saturated heterocycles. The van der Waals surface area contributed by atoms with Crippen molar-refractivity contribution in [3.8, 4) is 11.1 Å². The van der Waals surface area contributed by atoms with Crippen molar-refractivity contribution < 1.29 is 28.9 Å². The van der Waals surface area contributed by atoms with Crippen molar-refractivity contribution in [1.29, 1.82) is 0 Å². The molecule has 0 saturated carbocycles. The topological polar surface area (TPSA) is 104 Å². The monoisotopic (exact) mass is 448 g/mol. The summed E-state index contributed by atoms with van der Waals surface area (Å²) in [7, 11) is 0. The summed E-state index contributed by atoms with van der Waals surface area (Å²) in [5, 5.41) is 37.0. The summed E-state index contributed by atoms with van der Waals surface area (Å²) in [5.74, 6) is -2.69. The maximum absolute atomic E-state index is 15.0. The molecule has 3 N–H and O–H groups in total. The number of hydrogen-bond acceptors (Lipinski definition) is 5. The Morgan fingerprint density at radius 1 is 0.969 bits per heavy atom. The summed E-state index contributed by atoms with van der Waals surface area (Å²) in [5.41, 5.74) is 2.91. The van der Waals surface area contributed by atoms with E-state index in [1.165, 1.54) is 18.2 Å². The lowest BCUT2D eigenvalue weighted by Gasteiger charge is -2.19. The number of hydrogen-bond donors (Lipinski definition) is 3. The van der Waals surface area contributed by atoms with Crippen LogP contribution in [0.1, 0.15) is 75.7 Å². The van der Waals surface area contributed by atoms with Crippen LogP contribution < -0.4 is 0 Å². The lowest BCUT2D eigenvalue weighted by molar-refractivity contribution is -0.147. The first kappa shape index (κ1) is 25.5. The second-order valence-electron chi connectivity index (χ2n) is 8.41. The van der Waals surface area contributed by atoms with Crippen LogP contribution in [0.2, 0.25) is 0 Å². The van der Waals surface area contributed by atoms with Crippen molar-refractivity contribution in [1.82, 2.24) is 10.2 Å². The summed E-state index contributed by atoms with van der Waals surface area (Å²) in [4.78, 5) is 10.7. The molecule has 8 heteroatoms. The number of aliphatic hydroxyl groups is 2. The number of carboxylic acids is 1. The Kier molecular flexibility index (Phi) is 8.98. The molecule has 6 nitrogen and oxygen atoms in total. The molecule has 0 spiro atoms. The van der Waals surface area contributed by atoms with Crippen molar-refractivity contribution in [2.45, 2.75) is 71.0 Å². The first-order valence-electron chi connectivity index (χ1n) is 10.6. The minimum atomic E-state index is -1.55. The van der Waals surface area contributed by atoms with E-state index in [2.05, 4.69) is 10.2 Å². The number of nitrogens with zero attached hydrogens (tertiary/aromatic N) is 2. The van der Waals surface area contributed by atoms with Gasteiger partial charge in [0.25, 0.3) is 0 Å². The molecule has 174 valence electrons. The third kappa shape index (κ3) is 6.40. The molecule has 0 aliphatic rings. The zero-order valence-electron chi connectivity index (χ0n) is 18.7. The van der Waals surface area contributed by atoms with Gasteiger partial charge in [0.2, 0.25) is 0 Å². The number of aliphatic carboxylic acids is 1. The fraction of sp³-hybridized carbons (Fsp3) is 0.458. The molecule has 2 aromatic rings. The van der Waals surface area contributed by atoms with Gasteiger partial charge in [0.1, 0.15) is 17.7 Å². The molecule has 2 atom stereocenters. The number of aliphatic hydroxyl groups excluding tert-OH is 2. The average Bonchev–Trinajstić information content (AvgIpc) is 2.73. The van der Waals surface area contributed by atoms with Crippen LogP contribution >= 0.6 is 0 Å². The van der Waals surface area contributed by atoms with E-state index in [1.807, 2.05) is 27.7 Å². The van der Waals surface area contributed by atoms with Gasteiger partial charge in [0.05, 0.1) is 11.4 Å². The molecule has 0 fully saturated rings. The maximum atomic E-state index is 15.0. The van der Waals surface area contributed by atoms with E-state index in [0.29, 0.717) is 28.1 Å². The zero-order valence-corrected chi connectivity index (χ0v) is 18.7. The standard InChI is InChI=1S/C24H30F2N2O4/c1-13(2)22-17(12-18(26)19(29)6-5-7-20(30)24(31)32)21(23(14(3)4)28-27-22)15-8-10-16(25)11-9-15/h8-14,19-20,29-30H,5-7H2,1-4H3,(H,31,32). The molecule has 0 amide bonds. The molecule has 2 rings (SSSR count). The van der Waals surface area contributed by atoms with E-state index in [1.54, 1.807) is 12.1 Å². The molecule has 0 aliphatic heterocycles. The van der Waals surface area contributed by atoms with Gasteiger partial charge >= 0.3 is 5.97 Å². The van der Waals surface area contributed by atoms with Crippen LogP contribution in [-0.2, 0) is 4.79 Å². The van der Waals surface area contributed by atoms with Crippen LogP contribution in [0.5, 0.6) is 0 Å². The first-order valence-corrected chi connectivity index (χ1v) is 10.6. The van der Waals surface area contributed by atoms with E-state index in [-0.39, 0.29) is 31.1 Å². The highest BCUT2D eigenvalue weighted by molar-refractivity contribution is 5.79. The van der Waals surface area contributed by atoms with Crippen LogP contribution in [0, 0.1) is 5.82 Å². The highest BCUT2D eigenvalue weighted by atomic mass is 19.1. The fourth-order valence-electron chi connectivity index (χ4n) is 3.37. The Bertz CT molecular complexity index is 959. The van der Waals surface area contributed by atoms with E-state index >= 15 is 4.39 Å². The number of rotatable bonds is 10. The van der Waals surface area contributed by atoms with Crippen LogP contribution in [0.15, 0.2) is 30.1 Å². The molecular weight excluding hydrogens is 418 g/mol. The third-order valence-corrected chi connectivity index (χ3v) is 5.13. The van der Waals surface area contributed by atoms with Crippen molar-refractivity contribution in [2.75, 3.05) is 0 Å². The Morgan fingerprint density at radius 3 is 2.03 bits per heavy atom. The molecule has 1 aromatic carbocycles. The number of carbonyl (C=O) groups is 1. The van der Waals surface area contributed by atoms with Crippen LogP contribution in [0.3, 0.4) is 0 Å². The highest BCUT2D eigenvalue weighted by Crippen LogP contribution is 2.36. The number of carboxylic acid groups (broad SMARTS) is 1. The van der Waals surface area contributed by atoms with Crippen molar-refractivity contribution in [3.05, 3.63) is 52.9 Å². The first-order chi connectivity index (χ1) is 15.0. The number of aromatic nitrogens is 2. The quantitative estimate of drug-likeness (QED) is 0.482. The van der Waals surface area contributed by atoms with Gasteiger partial charge in [-0.25, -0.2) is 13.6 Å². The SMILES string of the molecule is CC(C)c1nnc(C(C)C)c(-c2ccc(F)cc2)c1C=C(F)C(O)CCCC(O)C(=O)O. The lowest BCUT2D eigenvalue weighted by atomic mass is 9.89. The molecule has 0 bridgehead atoms. The summed E-state index contributed by atoms with van der Waals surface area (Å²) in [6, 6.07) is 5.84. The zero-order chi connectivity index (χ0) is 24.0. The second kappa shape index (κ2) is 11.2. The van der Waals surface area contributed by atoms with Gasteiger partial charge in [-0.05, 0) is 54.9 Å². The van der Waals surface area contributed by atoms with Gasteiger partial charge in [-0.15, -0.1) is 0 Å². The Morgan fingerprint density at radius 2 is 1.50 bits per heavy atom. The largest absolute Gasteiger partial charge is 0.479 e. The Balaban J connectivity index is 2.50. The van der Waals surface area contributed by atoms with E-state index < -0.39 is 29.8 Å². The average molecular weight is 449 g/mol. The maximum Gasteiger partial charge on any atom is 0.332 e. The summed E-state index contributed by atoms with van der Waals surface area (Å²) in [6.45, 7) is 7.65. The summed E-state index contributed by atoms with van der Waals surface area (Å²) in [6.07, 6.45) is -1.80. The van der Waals surface area contributed by atoms with Crippen LogP contribution in [-0.4, -0.2) is 43.7 Å². The van der Waals surface area contributed by atoms with Crippen LogP contribution in [0.25, 0.3) is 17.2 Å². The highest BCUT2D eigenvalue weighted by Gasteiger charge is 2.23.